The minimum absolute atomic E-state index is 0.00675. The number of aliphatic hydroxyl groups excluding tert-OH is 1. The van der Waals surface area contributed by atoms with Crippen LogP contribution >= 0.6 is 0 Å². The zero-order valence-electron chi connectivity index (χ0n) is 18.8. The van der Waals surface area contributed by atoms with Crippen molar-refractivity contribution in [2.45, 2.75) is 62.9 Å². The van der Waals surface area contributed by atoms with Gasteiger partial charge in [0.25, 0.3) is 0 Å². The van der Waals surface area contributed by atoms with E-state index < -0.39 is 78.7 Å². The zero-order chi connectivity index (χ0) is 26.7. The molecule has 5 unspecified atom stereocenters. The fraction of sp³-hybridized carbons (Fsp3) is 0.526. The molecular formula is C19H29N7O9. The Bertz CT molecular complexity index is 920. The number of amides is 4. The first-order chi connectivity index (χ1) is 16.3. The van der Waals surface area contributed by atoms with Crippen LogP contribution in [-0.2, 0) is 35.2 Å². The molecule has 0 saturated carbocycles. The first-order valence-electron chi connectivity index (χ1n) is 10.4. The Labute approximate surface area is 198 Å². The fourth-order valence-electron chi connectivity index (χ4n) is 2.86. The van der Waals surface area contributed by atoms with E-state index in [2.05, 4.69) is 20.6 Å². The Morgan fingerprint density at radius 2 is 1.63 bits per heavy atom. The SMILES string of the molecule is CC(O)C(NC(=O)C(CCC(N)=O)NC(=O)C(CC(=O)O)NC(=O)C(N)Cc1cnc[nH]1)C(=O)O. The van der Waals surface area contributed by atoms with E-state index in [1.165, 1.54) is 12.5 Å². The molecule has 16 heteroatoms. The molecule has 4 amide bonds. The van der Waals surface area contributed by atoms with Crippen LogP contribution < -0.4 is 27.4 Å². The molecule has 0 saturated heterocycles. The summed E-state index contributed by atoms with van der Waals surface area (Å²) >= 11 is 0. The average Bonchev–Trinajstić information content (AvgIpc) is 3.25. The quantitative estimate of drug-likeness (QED) is 0.112. The van der Waals surface area contributed by atoms with Gasteiger partial charge in [0.2, 0.25) is 23.6 Å². The maximum absolute atomic E-state index is 12.8. The molecule has 35 heavy (non-hydrogen) atoms. The second-order valence-corrected chi connectivity index (χ2v) is 7.68. The minimum atomic E-state index is -1.73. The molecule has 0 aliphatic heterocycles. The van der Waals surface area contributed by atoms with E-state index in [1.807, 2.05) is 5.32 Å². The van der Waals surface area contributed by atoms with E-state index in [-0.39, 0.29) is 12.8 Å². The number of hydrogen-bond acceptors (Lipinski definition) is 9. The van der Waals surface area contributed by atoms with Crippen LogP contribution in [0.2, 0.25) is 0 Å². The molecule has 11 N–H and O–H groups in total. The molecule has 0 spiro atoms. The molecule has 5 atom stereocenters. The van der Waals surface area contributed by atoms with E-state index in [4.69, 9.17) is 21.7 Å². The van der Waals surface area contributed by atoms with Gasteiger partial charge in [0.1, 0.15) is 12.1 Å². The lowest BCUT2D eigenvalue weighted by Gasteiger charge is -2.25. The predicted molar refractivity (Wildman–Crippen MR) is 116 cm³/mol. The highest BCUT2D eigenvalue weighted by molar-refractivity contribution is 5.95. The third-order valence-electron chi connectivity index (χ3n) is 4.70. The van der Waals surface area contributed by atoms with E-state index in [0.29, 0.717) is 5.69 Å². The molecule has 1 aromatic heterocycles. The number of H-pyrrole nitrogens is 1. The van der Waals surface area contributed by atoms with Gasteiger partial charge in [0.15, 0.2) is 6.04 Å². The molecule has 16 nitrogen and oxygen atoms in total. The predicted octanol–water partition coefficient (Wildman–Crippen LogP) is -4.06. The van der Waals surface area contributed by atoms with E-state index >= 15 is 0 Å². The largest absolute Gasteiger partial charge is 0.481 e. The first-order valence-corrected chi connectivity index (χ1v) is 10.4. The molecule has 0 radical (unpaired) electrons. The molecule has 0 aliphatic rings. The number of imidazole rings is 1. The lowest BCUT2D eigenvalue weighted by atomic mass is 10.1. The Balaban J connectivity index is 2.98. The van der Waals surface area contributed by atoms with Crippen LogP contribution in [0.1, 0.15) is 31.9 Å². The average molecular weight is 499 g/mol. The van der Waals surface area contributed by atoms with E-state index in [9.17, 15) is 33.9 Å². The van der Waals surface area contributed by atoms with Gasteiger partial charge in [0, 0.05) is 24.7 Å². The zero-order valence-corrected chi connectivity index (χ0v) is 18.8. The highest BCUT2D eigenvalue weighted by Gasteiger charge is 2.32. The number of nitrogens with zero attached hydrogens (tertiary/aromatic N) is 1. The monoisotopic (exact) mass is 499 g/mol. The van der Waals surface area contributed by atoms with Crippen LogP contribution in [0.5, 0.6) is 0 Å². The number of nitrogens with two attached hydrogens (primary N) is 2. The van der Waals surface area contributed by atoms with Crippen molar-refractivity contribution in [1.82, 2.24) is 25.9 Å². The molecule has 194 valence electrons. The Kier molecular flexibility index (Phi) is 11.3. The van der Waals surface area contributed by atoms with Gasteiger partial charge in [-0.1, -0.05) is 0 Å². The second-order valence-electron chi connectivity index (χ2n) is 7.68. The normalized spacial score (nSPS) is 15.1. The summed E-state index contributed by atoms with van der Waals surface area (Å²) in [7, 11) is 0. The summed E-state index contributed by atoms with van der Waals surface area (Å²) < 4.78 is 0. The van der Waals surface area contributed by atoms with E-state index in [0.717, 1.165) is 6.92 Å². The summed E-state index contributed by atoms with van der Waals surface area (Å²) in [5.41, 5.74) is 11.4. The number of primary amides is 1. The third kappa shape index (κ3) is 10.2. The van der Waals surface area contributed by atoms with Crippen LogP contribution in [-0.4, -0.2) is 91.1 Å². The molecule has 1 rings (SSSR count). The van der Waals surface area contributed by atoms with Gasteiger partial charge in [-0.05, 0) is 13.3 Å². The summed E-state index contributed by atoms with van der Waals surface area (Å²) in [5, 5.41) is 34.2. The number of carboxylic acids is 2. The van der Waals surface area contributed by atoms with Gasteiger partial charge in [-0.15, -0.1) is 0 Å². The van der Waals surface area contributed by atoms with Crippen molar-refractivity contribution in [3.63, 3.8) is 0 Å². The standard InChI is InChI=1S/C19H29N7O9/c1-8(27)15(19(34)35)26-17(32)11(2-3-13(21)28)24-18(33)12(5-14(29)30)25-16(31)10(20)4-9-6-22-7-23-9/h6-8,10-12,15,27H,2-5,20H2,1H3,(H2,21,28)(H,22,23)(H,24,33)(H,25,31)(H,26,32)(H,29,30)(H,34,35). The van der Waals surface area contributed by atoms with Crippen molar-refractivity contribution in [1.29, 1.82) is 0 Å². The molecular weight excluding hydrogens is 470 g/mol. The number of aliphatic hydroxyl groups is 1. The smallest absolute Gasteiger partial charge is 0.328 e. The maximum atomic E-state index is 12.8. The summed E-state index contributed by atoms with van der Waals surface area (Å²) in [5.74, 6) is -6.89. The van der Waals surface area contributed by atoms with Crippen LogP contribution in [0.15, 0.2) is 12.5 Å². The summed E-state index contributed by atoms with van der Waals surface area (Å²) in [6, 6.07) is -6.10. The molecule has 1 aromatic rings. The maximum Gasteiger partial charge on any atom is 0.328 e. The lowest BCUT2D eigenvalue weighted by Crippen LogP contribution is -2.58. The van der Waals surface area contributed by atoms with Gasteiger partial charge >= 0.3 is 11.9 Å². The second kappa shape index (κ2) is 13.6. The van der Waals surface area contributed by atoms with Gasteiger partial charge in [-0.2, -0.15) is 0 Å². The number of hydrogen-bond donors (Lipinski definition) is 9. The van der Waals surface area contributed by atoms with Gasteiger partial charge in [-0.25, -0.2) is 9.78 Å². The van der Waals surface area contributed by atoms with Crippen molar-refractivity contribution in [3.8, 4) is 0 Å². The van der Waals surface area contributed by atoms with Gasteiger partial charge in [0.05, 0.1) is 24.9 Å². The van der Waals surface area contributed by atoms with Crippen LogP contribution in [0.3, 0.4) is 0 Å². The number of aromatic amines is 1. The number of carbonyl (C=O) groups is 6. The highest BCUT2D eigenvalue weighted by Crippen LogP contribution is 2.04. The van der Waals surface area contributed by atoms with Crippen molar-refractivity contribution < 1.29 is 44.1 Å². The number of carbonyl (C=O) groups excluding carboxylic acids is 4. The number of nitrogens with one attached hydrogen (secondary N) is 4. The topological polar surface area (TPSA) is 280 Å². The fourth-order valence-corrected chi connectivity index (χ4v) is 2.86. The Morgan fingerprint density at radius 1 is 1.03 bits per heavy atom. The number of aliphatic carboxylic acids is 2. The molecule has 0 aliphatic carbocycles. The first kappa shape index (κ1) is 29.0. The summed E-state index contributed by atoms with van der Waals surface area (Å²) in [6.07, 6.45) is -0.337. The van der Waals surface area contributed by atoms with Crippen molar-refractivity contribution in [2.75, 3.05) is 0 Å². The van der Waals surface area contributed by atoms with Crippen LogP contribution in [0.4, 0.5) is 0 Å². The molecule has 1 heterocycles. The van der Waals surface area contributed by atoms with Crippen molar-refractivity contribution in [3.05, 3.63) is 18.2 Å². The van der Waals surface area contributed by atoms with Crippen molar-refractivity contribution >= 4 is 35.6 Å². The van der Waals surface area contributed by atoms with Crippen LogP contribution in [0, 0.1) is 0 Å². The van der Waals surface area contributed by atoms with E-state index in [1.54, 1.807) is 0 Å². The third-order valence-corrected chi connectivity index (χ3v) is 4.70. The number of carboxylic acid groups (broad SMARTS) is 2. The lowest BCUT2D eigenvalue weighted by molar-refractivity contribution is -0.145. The molecule has 0 fully saturated rings. The number of aromatic nitrogens is 2. The highest BCUT2D eigenvalue weighted by atomic mass is 16.4. The minimum Gasteiger partial charge on any atom is -0.481 e. The molecule has 0 aromatic carbocycles. The van der Waals surface area contributed by atoms with Crippen LogP contribution in [0.25, 0.3) is 0 Å². The Morgan fingerprint density at radius 3 is 2.11 bits per heavy atom. The van der Waals surface area contributed by atoms with Crippen molar-refractivity contribution in [2.24, 2.45) is 11.5 Å². The molecule has 0 bridgehead atoms. The Hall–Kier alpha value is -4.05. The number of rotatable bonds is 15. The van der Waals surface area contributed by atoms with Gasteiger partial charge < -0.3 is 47.7 Å². The summed E-state index contributed by atoms with van der Waals surface area (Å²) in [4.78, 5) is 77.9. The summed E-state index contributed by atoms with van der Waals surface area (Å²) in [6.45, 7) is 1.11. The van der Waals surface area contributed by atoms with Gasteiger partial charge in [-0.3, -0.25) is 24.0 Å².